The molecule has 3 heterocycles. The van der Waals surface area contributed by atoms with Gasteiger partial charge >= 0.3 is 0 Å². The molecule has 2 bridgehead atoms. The van der Waals surface area contributed by atoms with Crippen LogP contribution in [0.4, 0.5) is 0 Å². The van der Waals surface area contributed by atoms with Crippen LogP contribution in [0, 0.1) is 0 Å². The molecular weight excluding hydrogens is 345 g/mol. The van der Waals surface area contributed by atoms with Crippen LogP contribution < -0.4 is 21.5 Å². The fourth-order valence-electron chi connectivity index (χ4n) is 3.38. The van der Waals surface area contributed by atoms with E-state index < -0.39 is 0 Å². The van der Waals surface area contributed by atoms with Gasteiger partial charge in [0.1, 0.15) is 5.38 Å². The maximum Gasteiger partial charge on any atom is 0.201 e. The largest absolute Gasteiger partial charge is 1.00 e. The highest BCUT2D eigenvalue weighted by Crippen LogP contribution is 2.48. The molecule has 4 unspecified atom stereocenters. The van der Waals surface area contributed by atoms with Gasteiger partial charge in [0.2, 0.25) is 6.04 Å². The molecule has 1 aliphatic carbocycles. The van der Waals surface area contributed by atoms with E-state index in [4.69, 9.17) is 23.2 Å². The number of halogens is 3. The number of nitrogens with zero attached hydrogens (tertiary/aromatic N) is 1. The average Bonchev–Trinajstić information content (AvgIpc) is 2.42. The van der Waals surface area contributed by atoms with Gasteiger partial charge in [-0.2, -0.15) is 4.57 Å². The standard InChI is InChI=1S/C15H12Cl2N.BrH/c16-13-12-9-5-1-2-6-10(9)15(14(13)17)18-8-4-3-7-11(12)18;/h1-8,12-15H;1H/q+1;/p-1. The Morgan fingerprint density at radius 2 is 1.53 bits per heavy atom. The van der Waals surface area contributed by atoms with E-state index in [0.717, 1.165) is 0 Å². The molecule has 0 amide bonds. The van der Waals surface area contributed by atoms with E-state index >= 15 is 0 Å². The number of benzene rings is 1. The Labute approximate surface area is 132 Å². The molecule has 1 aromatic carbocycles. The molecule has 0 N–H and O–H groups in total. The fraction of sp³-hybridized carbons (Fsp3) is 0.267. The van der Waals surface area contributed by atoms with Gasteiger partial charge in [0.25, 0.3) is 0 Å². The third-order valence-electron chi connectivity index (χ3n) is 4.12. The van der Waals surface area contributed by atoms with Gasteiger partial charge in [-0.05, 0) is 5.56 Å². The summed E-state index contributed by atoms with van der Waals surface area (Å²) in [6.45, 7) is 0. The summed E-state index contributed by atoms with van der Waals surface area (Å²) in [6.07, 6.45) is 2.11. The predicted molar refractivity (Wildman–Crippen MR) is 72.3 cm³/mol. The minimum atomic E-state index is -0.0496. The van der Waals surface area contributed by atoms with Crippen LogP contribution in [0.15, 0.2) is 48.7 Å². The lowest BCUT2D eigenvalue weighted by molar-refractivity contribution is -0.728. The molecule has 0 fully saturated rings. The minimum absolute atomic E-state index is 0. The van der Waals surface area contributed by atoms with Crippen molar-refractivity contribution in [3.63, 3.8) is 0 Å². The Hall–Kier alpha value is -0.570. The van der Waals surface area contributed by atoms with E-state index in [1.807, 2.05) is 0 Å². The molecule has 0 spiro atoms. The molecule has 0 radical (unpaired) electrons. The zero-order valence-electron chi connectivity index (χ0n) is 10.0. The molecule has 4 heteroatoms. The summed E-state index contributed by atoms with van der Waals surface area (Å²) in [7, 11) is 0. The molecule has 0 saturated heterocycles. The second kappa shape index (κ2) is 4.76. The minimum Gasteiger partial charge on any atom is -1.00 e. The number of pyridine rings is 1. The molecule has 0 saturated carbocycles. The highest BCUT2D eigenvalue weighted by Gasteiger charge is 2.54. The van der Waals surface area contributed by atoms with Gasteiger partial charge in [0.05, 0.1) is 11.3 Å². The lowest BCUT2D eigenvalue weighted by Gasteiger charge is -2.40. The summed E-state index contributed by atoms with van der Waals surface area (Å²) in [5.41, 5.74) is 3.94. The second-order valence-electron chi connectivity index (χ2n) is 4.97. The zero-order chi connectivity index (χ0) is 12.3. The third kappa shape index (κ3) is 1.70. The van der Waals surface area contributed by atoms with Crippen LogP contribution in [-0.2, 0) is 0 Å². The first-order valence-corrected chi connectivity index (χ1v) is 7.03. The summed E-state index contributed by atoms with van der Waals surface area (Å²) in [5, 5.41) is -0.0829. The molecule has 19 heavy (non-hydrogen) atoms. The van der Waals surface area contributed by atoms with Crippen molar-refractivity contribution in [3.05, 3.63) is 65.5 Å². The number of aromatic nitrogens is 1. The molecule has 2 aliphatic heterocycles. The van der Waals surface area contributed by atoms with Crippen LogP contribution in [0.25, 0.3) is 0 Å². The van der Waals surface area contributed by atoms with E-state index in [9.17, 15) is 0 Å². The van der Waals surface area contributed by atoms with Crippen molar-refractivity contribution in [2.45, 2.75) is 22.7 Å². The summed E-state index contributed by atoms with van der Waals surface area (Å²) in [5.74, 6) is 0.205. The lowest BCUT2D eigenvalue weighted by Crippen LogP contribution is -3.00. The molecule has 5 rings (SSSR count). The van der Waals surface area contributed by atoms with Crippen molar-refractivity contribution in [2.24, 2.45) is 0 Å². The van der Waals surface area contributed by atoms with Gasteiger partial charge in [-0.3, -0.25) is 0 Å². The van der Waals surface area contributed by atoms with Crippen molar-refractivity contribution in [1.29, 1.82) is 0 Å². The van der Waals surface area contributed by atoms with Crippen LogP contribution in [0.1, 0.15) is 28.8 Å². The van der Waals surface area contributed by atoms with Crippen LogP contribution in [0.2, 0.25) is 0 Å². The quantitative estimate of drug-likeness (QED) is 0.470. The van der Waals surface area contributed by atoms with Crippen LogP contribution in [0.3, 0.4) is 0 Å². The van der Waals surface area contributed by atoms with Crippen molar-refractivity contribution < 1.29 is 21.5 Å². The summed E-state index contributed by atoms with van der Waals surface area (Å²) < 4.78 is 2.28. The number of hydrogen-bond donors (Lipinski definition) is 0. The molecule has 1 nitrogen and oxygen atoms in total. The maximum atomic E-state index is 6.57. The maximum absolute atomic E-state index is 6.57. The molecule has 2 aromatic rings. The molecule has 3 aliphatic rings. The highest BCUT2D eigenvalue weighted by molar-refractivity contribution is 6.31. The first kappa shape index (κ1) is 13.4. The summed E-state index contributed by atoms with van der Waals surface area (Å²) in [4.78, 5) is 0. The van der Waals surface area contributed by atoms with E-state index in [1.54, 1.807) is 0 Å². The summed E-state index contributed by atoms with van der Waals surface area (Å²) in [6, 6.07) is 15.0. The SMILES string of the molecule is ClC1C2c3ccccc3C(C1Cl)[n+]1ccccc12.[Br-]. The number of alkyl halides is 2. The summed E-state index contributed by atoms with van der Waals surface area (Å²) >= 11 is 13.1. The van der Waals surface area contributed by atoms with E-state index in [2.05, 4.69) is 53.2 Å². The first-order chi connectivity index (χ1) is 8.79. The predicted octanol–water partition coefficient (Wildman–Crippen LogP) is 0.241. The molecule has 1 aromatic heterocycles. The normalized spacial score (nSPS) is 30.2. The van der Waals surface area contributed by atoms with Gasteiger partial charge in [-0.25, -0.2) is 0 Å². The third-order valence-corrected chi connectivity index (χ3v) is 5.28. The Bertz CT molecular complexity index is 530. The Morgan fingerprint density at radius 3 is 2.32 bits per heavy atom. The van der Waals surface area contributed by atoms with E-state index in [1.165, 1.54) is 16.8 Å². The van der Waals surface area contributed by atoms with Crippen LogP contribution in [-0.4, -0.2) is 10.8 Å². The van der Waals surface area contributed by atoms with Gasteiger partial charge in [0, 0.05) is 17.7 Å². The second-order valence-corrected chi connectivity index (χ2v) is 5.98. The molecule has 98 valence electrons. The molecular formula is C15H12BrCl2N. The van der Waals surface area contributed by atoms with E-state index in [0.29, 0.717) is 0 Å². The van der Waals surface area contributed by atoms with Gasteiger partial charge in [0.15, 0.2) is 11.9 Å². The van der Waals surface area contributed by atoms with Crippen LogP contribution >= 0.6 is 23.2 Å². The van der Waals surface area contributed by atoms with Gasteiger partial charge < -0.3 is 17.0 Å². The Kier molecular flexibility index (Phi) is 3.36. The Morgan fingerprint density at radius 1 is 0.842 bits per heavy atom. The van der Waals surface area contributed by atoms with Crippen molar-refractivity contribution in [1.82, 2.24) is 0 Å². The van der Waals surface area contributed by atoms with Gasteiger partial charge in [-0.1, -0.05) is 30.3 Å². The average molecular weight is 357 g/mol. The monoisotopic (exact) mass is 355 g/mol. The zero-order valence-corrected chi connectivity index (χ0v) is 13.1. The molecule has 4 atom stereocenters. The lowest BCUT2D eigenvalue weighted by atomic mass is 9.73. The Balaban J connectivity index is 0.00000110. The first-order valence-electron chi connectivity index (χ1n) is 6.16. The van der Waals surface area contributed by atoms with Crippen molar-refractivity contribution >= 4 is 23.2 Å². The topological polar surface area (TPSA) is 3.88 Å². The van der Waals surface area contributed by atoms with Crippen molar-refractivity contribution in [3.8, 4) is 0 Å². The van der Waals surface area contributed by atoms with Gasteiger partial charge in [-0.15, -0.1) is 23.2 Å². The number of rotatable bonds is 0. The van der Waals surface area contributed by atoms with E-state index in [-0.39, 0.29) is 39.7 Å². The number of hydrogen-bond acceptors (Lipinski definition) is 0. The van der Waals surface area contributed by atoms with Crippen LogP contribution in [0.5, 0.6) is 0 Å². The fourth-order valence-corrected chi connectivity index (χ4v) is 4.18. The highest BCUT2D eigenvalue weighted by atomic mass is 79.9. The number of fused-ring (bicyclic) bond motifs is 1. The van der Waals surface area contributed by atoms with Crippen molar-refractivity contribution in [2.75, 3.05) is 0 Å². The smallest absolute Gasteiger partial charge is 0.201 e.